The summed E-state index contributed by atoms with van der Waals surface area (Å²) >= 11 is 0. The molecule has 3 aromatic carbocycles. The highest BCUT2D eigenvalue weighted by Gasteiger charge is 2.55. The minimum absolute atomic E-state index is 0.0463. The lowest BCUT2D eigenvalue weighted by atomic mass is 9.73. The first-order chi connectivity index (χ1) is 19.3. The zero-order valence-electron chi connectivity index (χ0n) is 23.3. The minimum atomic E-state index is -0.0463. The Morgan fingerprint density at radius 1 is 0.410 bits per heavy atom. The first kappa shape index (κ1) is 23.7. The van der Waals surface area contributed by atoms with Crippen molar-refractivity contribution < 1.29 is 0 Å². The fourth-order valence-electron chi connectivity index (χ4n) is 11.6. The molecule has 0 nitrogen and oxygen atoms in total. The van der Waals surface area contributed by atoms with Crippen LogP contribution in [0, 0.1) is 47.3 Å². The topological polar surface area (TPSA) is 0 Å². The van der Waals surface area contributed by atoms with Gasteiger partial charge in [0.25, 0.3) is 0 Å². The molecule has 0 N–H and O–H groups in total. The summed E-state index contributed by atoms with van der Waals surface area (Å²) in [7, 11) is -0.0463. The molecule has 1 heteroatoms. The highest BCUT2D eigenvalue weighted by molar-refractivity contribution is 7.97. The van der Waals surface area contributed by atoms with Crippen LogP contribution in [0.4, 0.5) is 0 Å². The van der Waals surface area contributed by atoms with Gasteiger partial charge in [-0.3, -0.25) is 0 Å². The van der Waals surface area contributed by atoms with Crippen LogP contribution in [0.15, 0.2) is 93.5 Å². The van der Waals surface area contributed by atoms with E-state index in [2.05, 4.69) is 78.9 Å². The number of rotatable bonds is 5. The van der Waals surface area contributed by atoms with Gasteiger partial charge >= 0.3 is 0 Å². The fraction of sp³-hybridized carbons (Fsp3) is 0.526. The highest BCUT2D eigenvalue weighted by Crippen LogP contribution is 2.64. The Labute approximate surface area is 238 Å². The van der Waals surface area contributed by atoms with E-state index in [1.807, 2.05) is 0 Å². The first-order valence-corrected chi connectivity index (χ1v) is 17.5. The van der Waals surface area contributed by atoms with Crippen molar-refractivity contribution >= 4 is 10.9 Å². The van der Waals surface area contributed by atoms with E-state index in [1.54, 1.807) is 11.1 Å². The van der Waals surface area contributed by atoms with Crippen LogP contribution >= 0.6 is 0 Å². The smallest absolute Gasteiger partial charge is 0.0619 e. The number of fused-ring (bicyclic) bond motifs is 10. The Kier molecular flexibility index (Phi) is 5.63. The summed E-state index contributed by atoms with van der Waals surface area (Å²) in [5, 5.41) is 0. The summed E-state index contributed by atoms with van der Waals surface area (Å²) in [6.45, 7) is 0. The third kappa shape index (κ3) is 3.71. The molecule has 200 valence electrons. The Morgan fingerprint density at radius 2 is 0.846 bits per heavy atom. The molecule has 3 aromatic rings. The zero-order chi connectivity index (χ0) is 25.5. The second kappa shape index (κ2) is 9.27. The van der Waals surface area contributed by atoms with Crippen LogP contribution in [0.2, 0.25) is 0 Å². The second-order valence-corrected chi connectivity index (χ2v) is 16.3. The number of hydrogen-bond donors (Lipinski definition) is 0. The molecule has 6 fully saturated rings. The summed E-state index contributed by atoms with van der Waals surface area (Å²) in [6.07, 6.45) is 15.0. The first-order valence-electron chi connectivity index (χ1n) is 16.3. The maximum Gasteiger partial charge on any atom is 0.166 e. The average molecular weight is 532 g/mol. The Hall–Kier alpha value is -1.99. The molecule has 0 saturated heterocycles. The van der Waals surface area contributed by atoms with E-state index in [1.165, 1.54) is 78.9 Å². The van der Waals surface area contributed by atoms with E-state index < -0.39 is 0 Å². The molecule has 10 unspecified atom stereocenters. The summed E-state index contributed by atoms with van der Waals surface area (Å²) < 4.78 is 0. The average Bonchev–Trinajstić information content (AvgIpc) is 3.82. The van der Waals surface area contributed by atoms with Crippen molar-refractivity contribution in [3.05, 3.63) is 90.0 Å². The molecule has 0 amide bonds. The van der Waals surface area contributed by atoms with Gasteiger partial charge in [0.05, 0.1) is 10.9 Å². The molecule has 0 spiro atoms. The number of benzene rings is 3. The maximum absolute atomic E-state index is 2.52. The van der Waals surface area contributed by atoms with Gasteiger partial charge in [-0.2, -0.15) is 0 Å². The summed E-state index contributed by atoms with van der Waals surface area (Å²) in [4.78, 5) is 4.40. The predicted molar refractivity (Wildman–Crippen MR) is 161 cm³/mol. The van der Waals surface area contributed by atoms with Gasteiger partial charge in [-0.25, -0.2) is 0 Å². The molecule has 0 radical (unpaired) electrons. The van der Waals surface area contributed by atoms with Crippen LogP contribution in [0.5, 0.6) is 0 Å². The largest absolute Gasteiger partial charge is 0.166 e. The van der Waals surface area contributed by atoms with Crippen LogP contribution in [0.1, 0.15) is 87.2 Å². The van der Waals surface area contributed by atoms with Crippen LogP contribution in [0.3, 0.4) is 0 Å². The van der Waals surface area contributed by atoms with Gasteiger partial charge in [0, 0.05) is 0 Å². The highest BCUT2D eigenvalue weighted by atomic mass is 32.2. The van der Waals surface area contributed by atoms with Crippen molar-refractivity contribution in [3.63, 3.8) is 0 Å². The summed E-state index contributed by atoms with van der Waals surface area (Å²) in [5.74, 6) is 9.88. The van der Waals surface area contributed by atoms with Gasteiger partial charge in [0.2, 0.25) is 0 Å². The van der Waals surface area contributed by atoms with Crippen molar-refractivity contribution in [1.29, 1.82) is 0 Å². The van der Waals surface area contributed by atoms with Crippen LogP contribution in [-0.2, 0) is 10.9 Å². The van der Waals surface area contributed by atoms with Crippen molar-refractivity contribution in [2.24, 2.45) is 47.3 Å². The Bertz CT molecular complexity index is 1240. The summed E-state index contributed by atoms with van der Waals surface area (Å²) in [5.41, 5.74) is 3.26. The van der Waals surface area contributed by atoms with E-state index in [0.717, 1.165) is 59.2 Å². The van der Waals surface area contributed by atoms with Crippen LogP contribution in [-0.4, -0.2) is 0 Å². The predicted octanol–water partition coefficient (Wildman–Crippen LogP) is 9.86. The van der Waals surface area contributed by atoms with E-state index in [0.29, 0.717) is 0 Å². The minimum Gasteiger partial charge on any atom is -0.0619 e. The molecule has 0 aliphatic heterocycles. The van der Waals surface area contributed by atoms with Gasteiger partial charge in [-0.05, 0) is 158 Å². The second-order valence-electron chi connectivity index (χ2n) is 14.3. The van der Waals surface area contributed by atoms with Crippen LogP contribution < -0.4 is 0 Å². The monoisotopic (exact) mass is 531 g/mol. The molecule has 0 aromatic heterocycles. The third-order valence-corrected chi connectivity index (χ3v) is 15.2. The quantitative estimate of drug-likeness (QED) is 0.287. The van der Waals surface area contributed by atoms with Gasteiger partial charge in [-0.15, -0.1) is 0 Å². The van der Waals surface area contributed by atoms with Crippen LogP contribution in [0.25, 0.3) is 0 Å². The van der Waals surface area contributed by atoms with Gasteiger partial charge in [-0.1, -0.05) is 55.3 Å². The summed E-state index contributed by atoms with van der Waals surface area (Å²) in [6, 6.07) is 31.4. The normalized spacial score (nSPS) is 40.2. The molecule has 6 aliphatic rings. The number of hydrogen-bond acceptors (Lipinski definition) is 0. The van der Waals surface area contributed by atoms with Gasteiger partial charge in [0.15, 0.2) is 14.7 Å². The molecule has 6 aliphatic carbocycles. The zero-order valence-corrected chi connectivity index (χ0v) is 24.1. The lowest BCUT2D eigenvalue weighted by molar-refractivity contribution is 0.232. The lowest BCUT2D eigenvalue weighted by Gasteiger charge is -2.32. The molecule has 6 saturated carbocycles. The molecular formula is C38H43S+. The van der Waals surface area contributed by atoms with E-state index in [-0.39, 0.29) is 10.9 Å². The van der Waals surface area contributed by atoms with Crippen molar-refractivity contribution in [2.75, 3.05) is 0 Å². The van der Waals surface area contributed by atoms with Crippen molar-refractivity contribution in [3.8, 4) is 0 Å². The Morgan fingerprint density at radius 3 is 1.33 bits per heavy atom. The standard InChI is InChI=1S/C38H43S/c1-2-6-28(7-3-1)39(29-16-12-24(13-17-29)35-20-26-22-37(35)33-10-4-8-31(26)33)30-18-14-25(15-19-30)36-21-27-23-38(36)34-11-5-9-32(27)34/h1-3,6-7,12-19,26-27,31-38H,4-5,8-11,20-23H2/q+1. The SMILES string of the molecule is c1ccc([S+](c2ccc(C3CC4CC3C3CCCC43)cc2)c2ccc(C3CC4CC3C3CCCC43)cc2)cc1. The molecule has 10 atom stereocenters. The van der Waals surface area contributed by atoms with Gasteiger partial charge < -0.3 is 0 Å². The third-order valence-electron chi connectivity index (χ3n) is 12.9. The van der Waals surface area contributed by atoms with E-state index >= 15 is 0 Å². The maximum atomic E-state index is 2.52. The molecular weight excluding hydrogens is 488 g/mol. The van der Waals surface area contributed by atoms with E-state index in [4.69, 9.17) is 0 Å². The fourth-order valence-corrected chi connectivity index (χ4v) is 13.6. The molecule has 39 heavy (non-hydrogen) atoms. The lowest BCUT2D eigenvalue weighted by Crippen LogP contribution is -2.23. The molecule has 0 heterocycles. The van der Waals surface area contributed by atoms with Crippen molar-refractivity contribution in [2.45, 2.75) is 90.7 Å². The van der Waals surface area contributed by atoms with E-state index in [9.17, 15) is 0 Å². The Balaban J connectivity index is 0.995. The molecule has 4 bridgehead atoms. The van der Waals surface area contributed by atoms with Gasteiger partial charge in [0.1, 0.15) is 0 Å². The molecule has 9 rings (SSSR count). The van der Waals surface area contributed by atoms with Crippen molar-refractivity contribution in [1.82, 2.24) is 0 Å².